The maximum atomic E-state index is 14.4. The van der Waals surface area contributed by atoms with Crippen LogP contribution in [0.2, 0.25) is 0 Å². The van der Waals surface area contributed by atoms with E-state index in [1.165, 1.54) is 12.1 Å². The first-order valence-electron chi connectivity index (χ1n) is 12.3. The van der Waals surface area contributed by atoms with Crippen LogP contribution in [0.4, 0.5) is 4.39 Å². The Morgan fingerprint density at radius 2 is 2.09 bits per heavy atom. The molecule has 2 N–H and O–H groups in total. The van der Waals surface area contributed by atoms with Gasteiger partial charge in [0.15, 0.2) is 0 Å². The molecule has 5 nitrogen and oxygen atoms in total. The van der Waals surface area contributed by atoms with Crippen LogP contribution in [0.3, 0.4) is 0 Å². The number of allylic oxidation sites excluding steroid dienone is 3. The second kappa shape index (κ2) is 13.1. The lowest BCUT2D eigenvalue weighted by Crippen LogP contribution is -2.31. The molecule has 1 aliphatic carbocycles. The normalized spacial score (nSPS) is 22.8. The molecule has 1 heterocycles. The van der Waals surface area contributed by atoms with Crippen molar-refractivity contribution in [1.82, 2.24) is 0 Å². The summed E-state index contributed by atoms with van der Waals surface area (Å²) < 4.78 is 25.3. The molecular weight excluding hydrogens is 461 g/mol. The summed E-state index contributed by atoms with van der Waals surface area (Å²) in [6.07, 6.45) is 8.11. The number of nitrogens with zero attached hydrogens (tertiary/aromatic N) is 2. The fourth-order valence-corrected chi connectivity index (χ4v) is 5.72. The standard InChI is InChI=1S/C28H36FN3O2S/c1-5-22(14-32-20(4)34-17-21-15-33-16-21)28(35-19(3)23-8-10-26(31)11-9-23)18(2)24-6-7-25(13-30)27(29)12-24/h5-7,12,14,19,21,23,26H,4,8-11,15-17,31H2,1-3H3/b22-5+,28-18+,32-14?. The number of hydrogen-bond donors (Lipinski definition) is 1. The van der Waals surface area contributed by atoms with E-state index in [1.807, 2.05) is 26.0 Å². The topological polar surface area (TPSA) is 80.6 Å². The number of nitriles is 1. The molecule has 188 valence electrons. The number of benzene rings is 1. The Morgan fingerprint density at radius 3 is 2.66 bits per heavy atom. The minimum Gasteiger partial charge on any atom is -0.478 e. The molecule has 1 saturated carbocycles. The second-order valence-electron chi connectivity index (χ2n) is 9.37. The third-order valence-corrected chi connectivity index (χ3v) is 8.30. The SMILES string of the molecule is C=C(N=CC(=C\C)/C(SC(C)C1CCC(N)CC1)=C(/C)c1ccc(C#N)c(F)c1)OCC1COC1. The lowest BCUT2D eigenvalue weighted by molar-refractivity contribution is -0.0612. The van der Waals surface area contributed by atoms with E-state index in [2.05, 4.69) is 18.5 Å². The summed E-state index contributed by atoms with van der Waals surface area (Å²) in [5.41, 5.74) is 8.78. The van der Waals surface area contributed by atoms with Crippen molar-refractivity contribution in [3.8, 4) is 6.07 Å². The van der Waals surface area contributed by atoms with Crippen LogP contribution in [0.1, 0.15) is 57.6 Å². The Balaban J connectivity index is 1.85. The average molecular weight is 498 g/mol. The molecule has 7 heteroatoms. The van der Waals surface area contributed by atoms with Crippen LogP contribution in [0.5, 0.6) is 0 Å². The quantitative estimate of drug-likeness (QED) is 0.236. The third-order valence-electron chi connectivity index (χ3n) is 6.76. The van der Waals surface area contributed by atoms with Crippen molar-refractivity contribution in [2.24, 2.45) is 22.6 Å². The summed E-state index contributed by atoms with van der Waals surface area (Å²) in [7, 11) is 0. The fraction of sp³-hybridized carbons (Fsp3) is 0.500. The predicted molar refractivity (Wildman–Crippen MR) is 142 cm³/mol. The molecule has 0 amide bonds. The zero-order valence-electron chi connectivity index (χ0n) is 20.9. The maximum Gasteiger partial charge on any atom is 0.205 e. The fourth-order valence-electron chi connectivity index (χ4n) is 4.28. The number of aliphatic imine (C=N–C) groups is 1. The van der Waals surface area contributed by atoms with Crippen LogP contribution in [0, 0.1) is 29.0 Å². The Labute approximate surface area is 213 Å². The average Bonchev–Trinajstić information content (AvgIpc) is 2.82. The van der Waals surface area contributed by atoms with Crippen molar-refractivity contribution >= 4 is 23.5 Å². The van der Waals surface area contributed by atoms with Crippen LogP contribution in [-0.4, -0.2) is 37.3 Å². The van der Waals surface area contributed by atoms with Gasteiger partial charge >= 0.3 is 0 Å². The Morgan fingerprint density at radius 1 is 1.37 bits per heavy atom. The van der Waals surface area contributed by atoms with Crippen LogP contribution in [0.15, 0.2) is 52.2 Å². The maximum absolute atomic E-state index is 14.4. The first-order chi connectivity index (χ1) is 16.8. The van der Waals surface area contributed by atoms with Gasteiger partial charge in [0.2, 0.25) is 5.88 Å². The van der Waals surface area contributed by atoms with Gasteiger partial charge in [0.1, 0.15) is 11.9 Å². The van der Waals surface area contributed by atoms with E-state index in [0.717, 1.165) is 47.3 Å². The number of ether oxygens (including phenoxy) is 2. The van der Waals surface area contributed by atoms with Gasteiger partial charge < -0.3 is 15.2 Å². The van der Waals surface area contributed by atoms with Crippen LogP contribution < -0.4 is 5.73 Å². The molecule has 0 radical (unpaired) electrons. The van der Waals surface area contributed by atoms with Gasteiger partial charge in [-0.05, 0) is 75.3 Å². The van der Waals surface area contributed by atoms with Crippen LogP contribution >= 0.6 is 11.8 Å². The molecule has 1 aliphatic heterocycles. The van der Waals surface area contributed by atoms with E-state index in [9.17, 15) is 4.39 Å². The minimum absolute atomic E-state index is 0.0424. The highest BCUT2D eigenvalue weighted by Crippen LogP contribution is 2.41. The summed E-state index contributed by atoms with van der Waals surface area (Å²) in [5, 5.41) is 9.47. The molecule has 2 aliphatic rings. The molecule has 1 unspecified atom stereocenters. The van der Waals surface area contributed by atoms with E-state index < -0.39 is 5.82 Å². The Hall–Kier alpha value is -2.40. The van der Waals surface area contributed by atoms with Crippen LogP contribution in [0.25, 0.3) is 5.57 Å². The van der Waals surface area contributed by atoms with Gasteiger partial charge in [-0.15, -0.1) is 11.8 Å². The first kappa shape index (κ1) is 27.2. The second-order valence-corrected chi connectivity index (χ2v) is 10.8. The van der Waals surface area contributed by atoms with Crippen molar-refractivity contribution in [3.05, 3.63) is 64.2 Å². The highest BCUT2D eigenvalue weighted by atomic mass is 32.2. The van der Waals surface area contributed by atoms with Gasteiger partial charge in [-0.1, -0.05) is 19.1 Å². The largest absolute Gasteiger partial charge is 0.478 e. The molecule has 2 fully saturated rings. The zero-order valence-corrected chi connectivity index (χ0v) is 21.7. The summed E-state index contributed by atoms with van der Waals surface area (Å²) in [5.74, 6) is 0.808. The Kier molecular flexibility index (Phi) is 10.1. The zero-order chi connectivity index (χ0) is 25.4. The molecule has 0 aromatic heterocycles. The molecule has 35 heavy (non-hydrogen) atoms. The summed E-state index contributed by atoms with van der Waals surface area (Å²) >= 11 is 1.79. The van der Waals surface area contributed by atoms with Crippen molar-refractivity contribution in [3.63, 3.8) is 0 Å². The predicted octanol–water partition coefficient (Wildman–Crippen LogP) is 6.22. The van der Waals surface area contributed by atoms with Crippen molar-refractivity contribution in [2.75, 3.05) is 19.8 Å². The lowest BCUT2D eigenvalue weighted by Gasteiger charge is -2.31. The summed E-state index contributed by atoms with van der Waals surface area (Å²) in [6, 6.07) is 6.97. The van der Waals surface area contributed by atoms with E-state index in [-0.39, 0.29) is 5.56 Å². The molecule has 3 rings (SSSR count). The number of nitrogens with two attached hydrogens (primary N) is 1. The molecule has 1 atom stereocenters. The summed E-state index contributed by atoms with van der Waals surface area (Å²) in [6.45, 7) is 12.1. The van der Waals surface area contributed by atoms with E-state index in [4.69, 9.17) is 20.5 Å². The molecule has 1 aromatic carbocycles. The molecule has 1 saturated heterocycles. The van der Waals surface area contributed by atoms with Gasteiger partial charge in [0, 0.05) is 33.9 Å². The number of halogens is 1. The van der Waals surface area contributed by atoms with Crippen molar-refractivity contribution < 1.29 is 13.9 Å². The molecular formula is C28H36FN3O2S. The lowest BCUT2D eigenvalue weighted by atomic mass is 9.85. The van der Waals surface area contributed by atoms with Gasteiger partial charge in [0.25, 0.3) is 0 Å². The highest BCUT2D eigenvalue weighted by molar-refractivity contribution is 8.04. The van der Waals surface area contributed by atoms with Crippen molar-refractivity contribution in [2.45, 2.75) is 57.7 Å². The molecule has 1 aromatic rings. The smallest absolute Gasteiger partial charge is 0.205 e. The Bertz CT molecular complexity index is 1030. The van der Waals surface area contributed by atoms with E-state index in [1.54, 1.807) is 24.0 Å². The third kappa shape index (κ3) is 7.54. The summed E-state index contributed by atoms with van der Waals surface area (Å²) in [4.78, 5) is 5.50. The number of hydrogen-bond acceptors (Lipinski definition) is 6. The monoisotopic (exact) mass is 497 g/mol. The van der Waals surface area contributed by atoms with E-state index >= 15 is 0 Å². The number of thioether (sulfide) groups is 1. The first-order valence-corrected chi connectivity index (χ1v) is 13.1. The molecule has 0 bridgehead atoms. The highest BCUT2D eigenvalue weighted by Gasteiger charge is 2.26. The van der Waals surface area contributed by atoms with Gasteiger partial charge in [-0.3, -0.25) is 0 Å². The molecule has 0 spiro atoms. The van der Waals surface area contributed by atoms with E-state index in [0.29, 0.717) is 48.8 Å². The van der Waals surface area contributed by atoms with Gasteiger partial charge in [-0.25, -0.2) is 9.38 Å². The van der Waals surface area contributed by atoms with Crippen molar-refractivity contribution in [1.29, 1.82) is 5.26 Å². The number of rotatable bonds is 10. The van der Waals surface area contributed by atoms with Gasteiger partial charge in [0.05, 0.1) is 25.4 Å². The van der Waals surface area contributed by atoms with Crippen LogP contribution in [-0.2, 0) is 9.47 Å². The van der Waals surface area contributed by atoms with Gasteiger partial charge in [-0.2, -0.15) is 5.26 Å². The minimum atomic E-state index is -0.513.